The normalized spacial score (nSPS) is 16.4. The molecule has 0 atom stereocenters. The maximum absolute atomic E-state index is 14.1. The molecule has 256 valence electrons. The van der Waals surface area contributed by atoms with Crippen LogP contribution >= 0.6 is 11.3 Å². The van der Waals surface area contributed by atoms with Crippen molar-refractivity contribution in [3.05, 3.63) is 58.6 Å². The molecule has 4 N–H and O–H groups in total. The molecule has 0 bridgehead atoms. The third kappa shape index (κ3) is 9.33. The average Bonchev–Trinajstić information content (AvgIpc) is 3.67. The maximum Gasteiger partial charge on any atom is 0.490 e. The molecule has 2 fully saturated rings. The van der Waals surface area contributed by atoms with Gasteiger partial charge in [0.2, 0.25) is 21.7 Å². The van der Waals surface area contributed by atoms with Crippen molar-refractivity contribution in [3.63, 3.8) is 0 Å². The average molecular weight is 707 g/mol. The lowest BCUT2D eigenvalue weighted by Crippen LogP contribution is -2.42. The van der Waals surface area contributed by atoms with E-state index >= 15 is 0 Å². The molecule has 5 rings (SSSR count). The van der Waals surface area contributed by atoms with Crippen LogP contribution in [0.5, 0.6) is 5.88 Å². The van der Waals surface area contributed by atoms with Crippen molar-refractivity contribution in [2.45, 2.75) is 42.8 Å². The predicted molar refractivity (Wildman–Crippen MR) is 161 cm³/mol. The zero-order valence-corrected chi connectivity index (χ0v) is 26.3. The summed E-state index contributed by atoms with van der Waals surface area (Å²) in [6.45, 7) is 4.01. The van der Waals surface area contributed by atoms with Gasteiger partial charge in [-0.3, -0.25) is 9.69 Å². The molecule has 19 heteroatoms. The second kappa shape index (κ2) is 15.3. The van der Waals surface area contributed by atoms with Crippen LogP contribution < -0.4 is 15.8 Å². The molecule has 47 heavy (non-hydrogen) atoms. The highest BCUT2D eigenvalue weighted by atomic mass is 32.2. The van der Waals surface area contributed by atoms with E-state index in [-0.39, 0.29) is 34.7 Å². The van der Waals surface area contributed by atoms with Crippen LogP contribution in [0.3, 0.4) is 0 Å². The Morgan fingerprint density at radius 1 is 1.06 bits per heavy atom. The molecule has 0 radical (unpaired) electrons. The Kier molecular flexibility index (Phi) is 11.7. The molecule has 0 saturated carbocycles. The number of hydrogen-bond donors (Lipinski definition) is 3. The van der Waals surface area contributed by atoms with Gasteiger partial charge in [0.1, 0.15) is 33.8 Å². The number of carbonyl (C=O) groups excluding carboxylic acids is 1. The Labute approximate surface area is 270 Å². The molecule has 2 saturated heterocycles. The van der Waals surface area contributed by atoms with E-state index in [4.69, 9.17) is 20.4 Å². The number of carboxylic acids is 1. The monoisotopic (exact) mass is 706 g/mol. The molecule has 0 amide bonds. The van der Waals surface area contributed by atoms with E-state index < -0.39 is 45.2 Å². The number of nitrogen functional groups attached to an aromatic ring is 1. The first-order valence-electron chi connectivity index (χ1n) is 14.3. The largest absolute Gasteiger partial charge is 0.490 e. The van der Waals surface area contributed by atoms with Crippen molar-refractivity contribution in [1.82, 2.24) is 19.2 Å². The van der Waals surface area contributed by atoms with Crippen molar-refractivity contribution in [1.29, 1.82) is 0 Å². The van der Waals surface area contributed by atoms with E-state index in [1.54, 1.807) is 6.07 Å². The number of hydrogen-bond acceptors (Lipinski definition) is 11. The van der Waals surface area contributed by atoms with Gasteiger partial charge in [0, 0.05) is 31.7 Å². The lowest BCUT2D eigenvalue weighted by Gasteiger charge is -2.31. The highest BCUT2D eigenvalue weighted by Crippen LogP contribution is 2.31. The minimum Gasteiger partial charge on any atom is -0.476 e. The van der Waals surface area contributed by atoms with Gasteiger partial charge in [0.25, 0.3) is 0 Å². The number of carboxylic acid groups (broad SMARTS) is 1. The summed E-state index contributed by atoms with van der Waals surface area (Å²) in [7, 11) is -3.73. The SMILES string of the molecule is Nc1nc(NC2CCN(S(=O)(=O)c3ccc(OCCN4CCCC4)nc3)CC2)sc1C(=O)c1c(F)cccc1F.O=C(O)C(F)(F)F. The van der Waals surface area contributed by atoms with Gasteiger partial charge in [-0.2, -0.15) is 17.5 Å². The first-order valence-corrected chi connectivity index (χ1v) is 16.6. The number of aliphatic carboxylic acids is 1. The number of ether oxygens (including phenoxy) is 1. The van der Waals surface area contributed by atoms with E-state index in [2.05, 4.69) is 20.2 Å². The number of pyridine rings is 1. The molecule has 0 unspecified atom stereocenters. The number of rotatable bonds is 10. The van der Waals surface area contributed by atoms with Gasteiger partial charge in [0.05, 0.1) is 11.8 Å². The zero-order valence-electron chi connectivity index (χ0n) is 24.7. The van der Waals surface area contributed by atoms with Crippen LogP contribution in [0.2, 0.25) is 0 Å². The van der Waals surface area contributed by atoms with E-state index in [1.165, 1.54) is 35.5 Å². The van der Waals surface area contributed by atoms with Crippen LogP contribution in [-0.2, 0) is 14.8 Å². The molecule has 12 nitrogen and oxygen atoms in total. The summed E-state index contributed by atoms with van der Waals surface area (Å²) in [5.74, 6) is -5.33. The summed E-state index contributed by atoms with van der Waals surface area (Å²) in [5, 5.41) is 10.6. The topological polar surface area (TPSA) is 168 Å². The third-order valence-corrected chi connectivity index (χ3v) is 10.2. The number of likely N-dealkylation sites (tertiary alicyclic amines) is 1. The summed E-state index contributed by atoms with van der Waals surface area (Å²) in [6, 6.07) is 6.13. The molecular formula is C28H31F5N6O6S2. The number of ketones is 1. The standard InChI is InChI=1S/C26H30F2N6O4S2.C2HF3O2/c27-19-4-3-5-20(28)22(19)23(35)24-25(29)32-26(39-24)31-17-8-12-34(13-9-17)40(36,37)18-6-7-21(30-16-18)38-15-14-33-10-1-2-11-33;3-2(4,5)1(6)7/h3-7,16-17H,1-2,8-15,29H2,(H,31,32);(H,6,7). The van der Waals surface area contributed by atoms with Gasteiger partial charge in [-0.15, -0.1) is 0 Å². The molecule has 2 aliphatic rings. The number of benzene rings is 1. The second-order valence-electron chi connectivity index (χ2n) is 10.5. The molecule has 2 aromatic heterocycles. The minimum atomic E-state index is -5.08. The molecule has 4 heterocycles. The van der Waals surface area contributed by atoms with Crippen LogP contribution in [0.25, 0.3) is 0 Å². The fourth-order valence-electron chi connectivity index (χ4n) is 4.84. The number of sulfonamides is 1. The Bertz CT molecular complexity index is 1640. The predicted octanol–water partition coefficient (Wildman–Crippen LogP) is 4.00. The molecule has 3 aromatic rings. The first-order chi connectivity index (χ1) is 22.2. The van der Waals surface area contributed by atoms with Gasteiger partial charge in [-0.05, 0) is 57.0 Å². The molecule has 0 spiro atoms. The zero-order chi connectivity index (χ0) is 34.4. The summed E-state index contributed by atoms with van der Waals surface area (Å²) in [6.07, 6.45) is -0.387. The number of piperidine rings is 1. The first kappa shape index (κ1) is 35.9. The fourth-order valence-corrected chi connectivity index (χ4v) is 7.16. The number of halogens is 5. The third-order valence-electron chi connectivity index (χ3n) is 7.28. The highest BCUT2D eigenvalue weighted by Gasteiger charge is 2.38. The Morgan fingerprint density at radius 2 is 1.68 bits per heavy atom. The van der Waals surface area contributed by atoms with E-state index in [1.807, 2.05) is 0 Å². The van der Waals surface area contributed by atoms with Crippen molar-refractivity contribution in [3.8, 4) is 5.88 Å². The van der Waals surface area contributed by atoms with E-state index in [0.717, 1.165) is 43.1 Å². The molecular weight excluding hydrogens is 675 g/mol. The van der Waals surface area contributed by atoms with Crippen molar-refractivity contribution in [2.75, 3.05) is 50.4 Å². The van der Waals surface area contributed by atoms with Crippen molar-refractivity contribution >= 4 is 44.1 Å². The summed E-state index contributed by atoms with van der Waals surface area (Å²) >= 11 is 0.906. The van der Waals surface area contributed by atoms with Crippen LogP contribution in [0.15, 0.2) is 41.4 Å². The Balaban J connectivity index is 0.000000644. The lowest BCUT2D eigenvalue weighted by molar-refractivity contribution is -0.192. The molecule has 2 aliphatic heterocycles. The number of anilines is 2. The van der Waals surface area contributed by atoms with Gasteiger partial charge >= 0.3 is 12.1 Å². The van der Waals surface area contributed by atoms with Gasteiger partial charge in [0.15, 0.2) is 5.13 Å². The number of nitrogens with one attached hydrogen (secondary N) is 1. The minimum absolute atomic E-state index is 0.0671. The second-order valence-corrected chi connectivity index (χ2v) is 13.5. The fraction of sp³-hybridized carbons (Fsp3) is 0.429. The number of aromatic nitrogens is 2. The van der Waals surface area contributed by atoms with E-state index in [0.29, 0.717) is 30.5 Å². The van der Waals surface area contributed by atoms with Crippen LogP contribution in [0, 0.1) is 11.6 Å². The van der Waals surface area contributed by atoms with Crippen molar-refractivity contribution in [2.24, 2.45) is 0 Å². The summed E-state index contributed by atoms with van der Waals surface area (Å²) in [5.41, 5.74) is 5.20. The Morgan fingerprint density at radius 3 is 2.23 bits per heavy atom. The van der Waals surface area contributed by atoms with Crippen LogP contribution in [0.1, 0.15) is 40.9 Å². The Hall–Kier alpha value is -3.94. The highest BCUT2D eigenvalue weighted by molar-refractivity contribution is 7.89. The van der Waals surface area contributed by atoms with Gasteiger partial charge in [-0.25, -0.2) is 32.0 Å². The lowest BCUT2D eigenvalue weighted by atomic mass is 10.1. The molecule has 0 aliphatic carbocycles. The van der Waals surface area contributed by atoms with E-state index in [9.17, 15) is 35.2 Å². The quantitative estimate of drug-likeness (QED) is 0.206. The maximum atomic E-state index is 14.1. The summed E-state index contributed by atoms with van der Waals surface area (Å²) in [4.78, 5) is 32.3. The number of carbonyl (C=O) groups is 2. The number of alkyl halides is 3. The van der Waals surface area contributed by atoms with Crippen LogP contribution in [-0.4, -0.2) is 96.0 Å². The molecule has 1 aromatic carbocycles. The number of nitrogens with two attached hydrogens (primary N) is 1. The number of thiazole rings is 1. The summed E-state index contributed by atoms with van der Waals surface area (Å²) < 4.78 is 93.3. The van der Waals surface area contributed by atoms with Crippen LogP contribution in [0.4, 0.5) is 32.9 Å². The van der Waals surface area contributed by atoms with Crippen molar-refractivity contribution < 1.29 is 49.8 Å². The number of nitrogens with zero attached hydrogens (tertiary/aromatic N) is 4. The van der Waals surface area contributed by atoms with Gasteiger partial charge < -0.3 is 20.9 Å². The van der Waals surface area contributed by atoms with Gasteiger partial charge in [-0.1, -0.05) is 17.4 Å². The smallest absolute Gasteiger partial charge is 0.476 e.